The van der Waals surface area contributed by atoms with Gasteiger partial charge in [-0.1, -0.05) is 35.9 Å². The molecule has 0 aromatic heterocycles. The second-order valence-electron chi connectivity index (χ2n) is 11.9. The van der Waals surface area contributed by atoms with Gasteiger partial charge in [0.05, 0.1) is 29.9 Å². The van der Waals surface area contributed by atoms with Gasteiger partial charge >= 0.3 is 6.11 Å². The normalized spacial score (nSPS) is 29.6. The van der Waals surface area contributed by atoms with E-state index in [1.807, 2.05) is 6.07 Å². The van der Waals surface area contributed by atoms with Crippen LogP contribution in [0.4, 0.5) is 17.6 Å². The van der Waals surface area contributed by atoms with Crippen LogP contribution in [-0.2, 0) is 20.3 Å². The summed E-state index contributed by atoms with van der Waals surface area (Å²) in [4.78, 5) is 0. The van der Waals surface area contributed by atoms with E-state index in [1.54, 1.807) is 6.07 Å². The van der Waals surface area contributed by atoms with Gasteiger partial charge in [0, 0.05) is 11.5 Å². The van der Waals surface area contributed by atoms with Crippen molar-refractivity contribution in [2.24, 2.45) is 17.8 Å². The molecule has 0 atom stereocenters. The van der Waals surface area contributed by atoms with Gasteiger partial charge in [-0.3, -0.25) is 0 Å². The van der Waals surface area contributed by atoms with Crippen molar-refractivity contribution in [3.05, 3.63) is 81.9 Å². The van der Waals surface area contributed by atoms with E-state index >= 15 is 4.39 Å². The van der Waals surface area contributed by atoms with Crippen LogP contribution in [0, 0.1) is 29.4 Å². The first kappa shape index (κ1) is 30.5. The Morgan fingerprint density at radius 3 is 2.22 bits per heavy atom. The highest BCUT2D eigenvalue weighted by atomic mass is 35.5. The summed E-state index contributed by atoms with van der Waals surface area (Å²) >= 11 is 5.61. The Labute approximate surface area is 245 Å². The number of benzene rings is 2. The Morgan fingerprint density at radius 2 is 1.59 bits per heavy atom. The van der Waals surface area contributed by atoms with Gasteiger partial charge in [-0.25, -0.2) is 8.78 Å². The number of hydrogen-bond donors (Lipinski definition) is 0. The van der Waals surface area contributed by atoms with Crippen LogP contribution in [0.25, 0.3) is 0 Å². The van der Waals surface area contributed by atoms with Crippen molar-refractivity contribution in [1.29, 1.82) is 0 Å². The summed E-state index contributed by atoms with van der Waals surface area (Å²) in [6.07, 6.45) is 7.29. The van der Waals surface area contributed by atoms with Crippen molar-refractivity contribution in [3.8, 4) is 0 Å². The number of alkyl halides is 2. The zero-order valence-electron chi connectivity index (χ0n) is 23.5. The van der Waals surface area contributed by atoms with Gasteiger partial charge in [-0.2, -0.15) is 8.78 Å². The molecule has 5 rings (SSSR count). The second kappa shape index (κ2) is 13.6. The van der Waals surface area contributed by atoms with Crippen molar-refractivity contribution >= 4 is 11.6 Å². The quantitative estimate of drug-likeness (QED) is 0.225. The summed E-state index contributed by atoms with van der Waals surface area (Å²) in [6, 6.07) is 7.95. The van der Waals surface area contributed by atoms with E-state index in [-0.39, 0.29) is 16.8 Å². The Balaban J connectivity index is 1.10. The molecule has 2 aliphatic carbocycles. The van der Waals surface area contributed by atoms with Crippen LogP contribution in [0.5, 0.6) is 0 Å². The highest BCUT2D eigenvalue weighted by Crippen LogP contribution is 2.42. The van der Waals surface area contributed by atoms with Crippen molar-refractivity contribution in [2.45, 2.75) is 89.1 Å². The maximum absolute atomic E-state index is 15.2. The predicted octanol–water partition coefficient (Wildman–Crippen LogP) is 9.84. The molecule has 1 aliphatic heterocycles. The van der Waals surface area contributed by atoms with E-state index in [4.69, 9.17) is 25.8 Å². The van der Waals surface area contributed by atoms with Gasteiger partial charge in [0.25, 0.3) is 0 Å². The van der Waals surface area contributed by atoms with Crippen LogP contribution in [0.1, 0.15) is 93.6 Å². The average molecular weight is 595 g/mol. The van der Waals surface area contributed by atoms with Gasteiger partial charge in [0.1, 0.15) is 11.6 Å². The van der Waals surface area contributed by atoms with E-state index in [1.165, 1.54) is 38.2 Å². The summed E-state index contributed by atoms with van der Waals surface area (Å²) in [5, 5.41) is -0.225. The van der Waals surface area contributed by atoms with Gasteiger partial charge < -0.3 is 14.2 Å². The molecular weight excluding hydrogens is 556 g/mol. The lowest BCUT2D eigenvalue weighted by Crippen LogP contribution is -2.34. The monoisotopic (exact) mass is 594 g/mol. The summed E-state index contributed by atoms with van der Waals surface area (Å²) in [5.41, 5.74) is 0.655. The van der Waals surface area contributed by atoms with Gasteiger partial charge in [0.15, 0.2) is 6.29 Å². The van der Waals surface area contributed by atoms with Crippen LogP contribution < -0.4 is 0 Å². The molecule has 0 N–H and O–H groups in total. The third kappa shape index (κ3) is 7.54. The van der Waals surface area contributed by atoms with Crippen LogP contribution in [-0.4, -0.2) is 19.3 Å². The smallest absolute Gasteiger partial charge is 0.348 e. The topological polar surface area (TPSA) is 27.7 Å². The van der Waals surface area contributed by atoms with E-state index in [9.17, 15) is 13.2 Å². The molecule has 0 amide bonds. The van der Waals surface area contributed by atoms with Crippen LogP contribution >= 0.6 is 11.6 Å². The number of allylic oxidation sites excluding steroid dienone is 2. The van der Waals surface area contributed by atoms with Crippen LogP contribution in [0.15, 0.2) is 48.6 Å². The minimum atomic E-state index is -3.64. The SMILES string of the molecule is CC=CCC1CCC(C2COC(c3ccc(C4CCC(OC(F)(F)c5ccc(Cl)c(F)c5)CC4)c(F)c3)OC2)CC1. The summed E-state index contributed by atoms with van der Waals surface area (Å²) in [6.45, 7) is 3.31. The van der Waals surface area contributed by atoms with Crippen molar-refractivity contribution in [1.82, 2.24) is 0 Å². The molecule has 3 fully saturated rings. The fourth-order valence-electron chi connectivity index (χ4n) is 6.67. The van der Waals surface area contributed by atoms with Gasteiger partial charge in [0.2, 0.25) is 0 Å². The molecule has 2 saturated carbocycles. The molecule has 3 aliphatic rings. The highest BCUT2D eigenvalue weighted by molar-refractivity contribution is 6.30. The predicted molar refractivity (Wildman–Crippen MR) is 151 cm³/mol. The van der Waals surface area contributed by atoms with Crippen molar-refractivity contribution in [2.75, 3.05) is 13.2 Å². The first-order chi connectivity index (χ1) is 19.7. The Kier molecular flexibility index (Phi) is 10.1. The van der Waals surface area contributed by atoms with Gasteiger partial charge in [-0.05, 0) is 112 Å². The van der Waals surface area contributed by atoms with E-state index in [0.29, 0.717) is 67.9 Å². The molecule has 224 valence electrons. The van der Waals surface area contributed by atoms with Gasteiger partial charge in [-0.15, -0.1) is 0 Å². The lowest BCUT2D eigenvalue weighted by molar-refractivity contribution is -0.277. The minimum absolute atomic E-state index is 0.0917. The minimum Gasteiger partial charge on any atom is -0.348 e. The summed E-state index contributed by atoms with van der Waals surface area (Å²) in [5.74, 6) is 0.432. The Hall–Kier alpha value is -1.93. The Bertz CT molecular complexity index is 1180. The standard InChI is InChI=1S/C33H39ClF4O3/c1-2-3-4-21-5-7-22(8-6-21)25-19-39-32(40-20-25)24-11-15-28(30(35)17-24)23-9-13-27(14-10-23)41-33(37,38)26-12-16-29(34)31(36)18-26/h2-3,11-12,15-18,21-23,25,27,32H,4-10,13-14,19-20H2,1H3. The van der Waals surface area contributed by atoms with E-state index in [0.717, 1.165) is 18.1 Å². The Morgan fingerprint density at radius 1 is 0.878 bits per heavy atom. The zero-order valence-corrected chi connectivity index (χ0v) is 24.2. The molecule has 1 heterocycles. The van der Waals surface area contributed by atoms with Crippen LogP contribution in [0.3, 0.4) is 0 Å². The fraction of sp³-hybridized carbons (Fsp3) is 0.576. The maximum Gasteiger partial charge on any atom is 0.383 e. The number of halogens is 5. The first-order valence-electron chi connectivity index (χ1n) is 14.9. The maximum atomic E-state index is 15.2. The molecule has 0 bridgehead atoms. The number of rotatable bonds is 8. The lowest BCUT2D eigenvalue weighted by atomic mass is 9.75. The highest BCUT2D eigenvalue weighted by Gasteiger charge is 2.38. The summed E-state index contributed by atoms with van der Waals surface area (Å²) < 4.78 is 75.3. The largest absolute Gasteiger partial charge is 0.383 e. The number of ether oxygens (including phenoxy) is 3. The molecule has 0 spiro atoms. The van der Waals surface area contributed by atoms with Crippen molar-refractivity contribution < 1.29 is 31.8 Å². The molecule has 0 unspecified atom stereocenters. The van der Waals surface area contributed by atoms with E-state index in [2.05, 4.69) is 19.1 Å². The van der Waals surface area contributed by atoms with E-state index < -0.39 is 29.9 Å². The molecule has 8 heteroatoms. The summed E-state index contributed by atoms with van der Waals surface area (Å²) in [7, 11) is 0. The molecule has 2 aromatic carbocycles. The fourth-order valence-corrected chi connectivity index (χ4v) is 6.79. The van der Waals surface area contributed by atoms with Crippen LogP contribution in [0.2, 0.25) is 5.02 Å². The average Bonchev–Trinajstić information content (AvgIpc) is 2.98. The number of hydrogen-bond acceptors (Lipinski definition) is 3. The molecule has 1 saturated heterocycles. The second-order valence-corrected chi connectivity index (χ2v) is 12.3. The molecular formula is C33H39ClF4O3. The lowest BCUT2D eigenvalue weighted by Gasteiger charge is -2.37. The zero-order chi connectivity index (χ0) is 29.0. The molecule has 41 heavy (non-hydrogen) atoms. The molecule has 0 radical (unpaired) electrons. The first-order valence-corrected chi connectivity index (χ1v) is 15.3. The molecule has 2 aromatic rings. The third-order valence-electron chi connectivity index (χ3n) is 9.17. The molecule has 3 nitrogen and oxygen atoms in total. The van der Waals surface area contributed by atoms with Crippen molar-refractivity contribution in [3.63, 3.8) is 0 Å². The third-order valence-corrected chi connectivity index (χ3v) is 9.47.